The summed E-state index contributed by atoms with van der Waals surface area (Å²) in [5, 5.41) is 12.9. The molecule has 5 heteroatoms. The number of anilines is 1. The molecule has 0 saturated heterocycles. The normalized spacial score (nSPS) is 12.9. The Labute approximate surface area is 81.2 Å². The molecule has 0 radical (unpaired) electrons. The number of hydrogen-bond acceptors (Lipinski definition) is 4. The molecule has 0 fully saturated rings. The van der Waals surface area contributed by atoms with Crippen LogP contribution in [0.3, 0.4) is 0 Å². The lowest BCUT2D eigenvalue weighted by Gasteiger charge is -2.05. The molecule has 0 spiro atoms. The molecular formula is C7H12ClN3S. The van der Waals surface area contributed by atoms with Crippen LogP contribution in [-0.2, 0) is 0 Å². The van der Waals surface area contributed by atoms with E-state index in [2.05, 4.69) is 22.4 Å². The highest BCUT2D eigenvalue weighted by atomic mass is 35.5. The molecule has 0 aliphatic carbocycles. The molecule has 1 aromatic heterocycles. The quantitative estimate of drug-likeness (QED) is 0.767. The van der Waals surface area contributed by atoms with Crippen LogP contribution in [0.15, 0.2) is 0 Å². The Morgan fingerprint density at radius 2 is 2.33 bits per heavy atom. The molecule has 0 aromatic carbocycles. The van der Waals surface area contributed by atoms with Crippen molar-refractivity contribution in [2.75, 3.05) is 11.9 Å². The summed E-state index contributed by atoms with van der Waals surface area (Å²) in [4.78, 5) is 0. The Hall–Kier alpha value is -0.350. The van der Waals surface area contributed by atoms with Crippen molar-refractivity contribution in [1.29, 1.82) is 0 Å². The summed E-state index contributed by atoms with van der Waals surface area (Å²) < 4.78 is 0. The third-order valence-electron chi connectivity index (χ3n) is 1.44. The van der Waals surface area contributed by atoms with Crippen LogP contribution in [0.2, 0.25) is 0 Å². The largest absolute Gasteiger partial charge is 0.359 e. The Bertz CT molecular complexity index is 238. The van der Waals surface area contributed by atoms with Gasteiger partial charge < -0.3 is 5.32 Å². The van der Waals surface area contributed by atoms with Crippen molar-refractivity contribution in [3.8, 4) is 0 Å². The van der Waals surface area contributed by atoms with Crippen LogP contribution in [0.25, 0.3) is 0 Å². The van der Waals surface area contributed by atoms with Crippen LogP contribution in [0.5, 0.6) is 0 Å². The molecule has 3 nitrogen and oxygen atoms in total. The van der Waals surface area contributed by atoms with Crippen LogP contribution in [0, 0.1) is 6.92 Å². The van der Waals surface area contributed by atoms with Gasteiger partial charge in [-0.25, -0.2) is 0 Å². The van der Waals surface area contributed by atoms with E-state index in [1.165, 1.54) is 0 Å². The molecule has 0 bridgehead atoms. The molecule has 1 unspecified atom stereocenters. The number of alkyl halides is 1. The SMILES string of the molecule is CCC(Cl)CNc1nnc(C)s1. The van der Waals surface area contributed by atoms with Gasteiger partial charge in [0.05, 0.1) is 5.38 Å². The average Bonchev–Trinajstić information content (AvgIpc) is 2.47. The highest BCUT2D eigenvalue weighted by molar-refractivity contribution is 7.15. The molecule has 68 valence electrons. The maximum Gasteiger partial charge on any atom is 0.205 e. The number of rotatable bonds is 4. The van der Waals surface area contributed by atoms with Crippen molar-refractivity contribution in [3.63, 3.8) is 0 Å². The summed E-state index contributed by atoms with van der Waals surface area (Å²) in [5.41, 5.74) is 0. The topological polar surface area (TPSA) is 37.8 Å². The first-order valence-electron chi connectivity index (χ1n) is 3.90. The van der Waals surface area contributed by atoms with Crippen molar-refractivity contribution >= 4 is 28.1 Å². The Kier molecular flexibility index (Phi) is 3.75. The van der Waals surface area contributed by atoms with Gasteiger partial charge in [0.25, 0.3) is 0 Å². The predicted molar refractivity (Wildman–Crippen MR) is 53.1 cm³/mol. The van der Waals surface area contributed by atoms with Gasteiger partial charge in [0.15, 0.2) is 0 Å². The molecule has 1 rings (SSSR count). The maximum atomic E-state index is 5.92. The third kappa shape index (κ3) is 2.95. The number of halogens is 1. The summed E-state index contributed by atoms with van der Waals surface area (Å²) in [5.74, 6) is 0. The number of aromatic nitrogens is 2. The summed E-state index contributed by atoms with van der Waals surface area (Å²) in [7, 11) is 0. The zero-order chi connectivity index (χ0) is 8.97. The van der Waals surface area contributed by atoms with E-state index in [0.29, 0.717) is 0 Å². The predicted octanol–water partition coefficient (Wildman–Crippen LogP) is 2.28. The smallest absolute Gasteiger partial charge is 0.205 e. The fourth-order valence-corrected chi connectivity index (χ4v) is 1.39. The van der Waals surface area contributed by atoms with Gasteiger partial charge in [-0.3, -0.25) is 0 Å². The molecule has 1 aromatic rings. The van der Waals surface area contributed by atoms with E-state index in [1.807, 2.05) is 6.92 Å². The first-order chi connectivity index (χ1) is 5.72. The minimum atomic E-state index is 0.175. The average molecular weight is 206 g/mol. The molecule has 1 heterocycles. The maximum absolute atomic E-state index is 5.92. The zero-order valence-electron chi connectivity index (χ0n) is 7.17. The summed E-state index contributed by atoms with van der Waals surface area (Å²) in [6.45, 7) is 4.75. The molecule has 0 aliphatic heterocycles. The van der Waals surface area contributed by atoms with Crippen LogP contribution in [0.4, 0.5) is 5.13 Å². The van der Waals surface area contributed by atoms with E-state index < -0.39 is 0 Å². The number of nitrogens with one attached hydrogen (secondary N) is 1. The molecular weight excluding hydrogens is 194 g/mol. The van der Waals surface area contributed by atoms with Gasteiger partial charge in [-0.15, -0.1) is 21.8 Å². The Morgan fingerprint density at radius 1 is 1.58 bits per heavy atom. The number of aryl methyl sites for hydroxylation is 1. The van der Waals surface area contributed by atoms with E-state index in [9.17, 15) is 0 Å². The minimum Gasteiger partial charge on any atom is -0.359 e. The van der Waals surface area contributed by atoms with E-state index in [-0.39, 0.29) is 5.38 Å². The number of nitrogens with zero attached hydrogens (tertiary/aromatic N) is 2. The zero-order valence-corrected chi connectivity index (χ0v) is 8.74. The van der Waals surface area contributed by atoms with Gasteiger partial charge in [0.1, 0.15) is 5.01 Å². The van der Waals surface area contributed by atoms with Crippen molar-refractivity contribution < 1.29 is 0 Å². The second-order valence-electron chi connectivity index (χ2n) is 2.51. The third-order valence-corrected chi connectivity index (χ3v) is 2.70. The number of hydrogen-bond donors (Lipinski definition) is 1. The fraction of sp³-hybridized carbons (Fsp3) is 0.714. The second kappa shape index (κ2) is 4.62. The minimum absolute atomic E-state index is 0.175. The summed E-state index contributed by atoms with van der Waals surface area (Å²) in [6, 6.07) is 0. The van der Waals surface area contributed by atoms with E-state index in [4.69, 9.17) is 11.6 Å². The van der Waals surface area contributed by atoms with Crippen molar-refractivity contribution in [3.05, 3.63) is 5.01 Å². The highest BCUT2D eigenvalue weighted by Gasteiger charge is 2.03. The van der Waals surface area contributed by atoms with Crippen LogP contribution in [0.1, 0.15) is 18.4 Å². The lowest BCUT2D eigenvalue weighted by Crippen LogP contribution is -2.12. The second-order valence-corrected chi connectivity index (χ2v) is 4.31. The fourth-order valence-electron chi connectivity index (χ4n) is 0.710. The molecule has 0 saturated carbocycles. The molecule has 1 atom stereocenters. The van der Waals surface area contributed by atoms with E-state index >= 15 is 0 Å². The van der Waals surface area contributed by atoms with Gasteiger partial charge in [-0.05, 0) is 13.3 Å². The van der Waals surface area contributed by atoms with Crippen molar-refractivity contribution in [2.24, 2.45) is 0 Å². The first-order valence-corrected chi connectivity index (χ1v) is 5.15. The highest BCUT2D eigenvalue weighted by Crippen LogP contribution is 2.14. The van der Waals surface area contributed by atoms with Crippen molar-refractivity contribution in [1.82, 2.24) is 10.2 Å². The summed E-state index contributed by atoms with van der Waals surface area (Å²) >= 11 is 7.46. The van der Waals surface area contributed by atoms with Gasteiger partial charge in [0.2, 0.25) is 5.13 Å². The van der Waals surface area contributed by atoms with E-state index in [1.54, 1.807) is 11.3 Å². The lowest BCUT2D eigenvalue weighted by molar-refractivity contribution is 0.840. The van der Waals surface area contributed by atoms with Gasteiger partial charge in [0, 0.05) is 6.54 Å². The Balaban J connectivity index is 2.33. The lowest BCUT2D eigenvalue weighted by atomic mass is 10.3. The van der Waals surface area contributed by atoms with Gasteiger partial charge >= 0.3 is 0 Å². The molecule has 1 N–H and O–H groups in total. The molecule has 0 aliphatic rings. The Morgan fingerprint density at radius 3 is 2.83 bits per heavy atom. The van der Waals surface area contributed by atoms with Crippen LogP contribution in [-0.4, -0.2) is 22.1 Å². The summed E-state index contributed by atoms with van der Waals surface area (Å²) in [6.07, 6.45) is 0.965. The van der Waals surface area contributed by atoms with Crippen LogP contribution < -0.4 is 5.32 Å². The van der Waals surface area contributed by atoms with Gasteiger partial charge in [-0.1, -0.05) is 18.3 Å². The van der Waals surface area contributed by atoms with E-state index in [0.717, 1.165) is 23.1 Å². The molecule has 12 heavy (non-hydrogen) atoms. The molecule has 0 amide bonds. The van der Waals surface area contributed by atoms with Crippen molar-refractivity contribution in [2.45, 2.75) is 25.6 Å². The van der Waals surface area contributed by atoms with Gasteiger partial charge in [-0.2, -0.15) is 0 Å². The van der Waals surface area contributed by atoms with Crippen LogP contribution >= 0.6 is 22.9 Å². The standard InChI is InChI=1S/C7H12ClN3S/c1-3-6(8)4-9-7-11-10-5(2)12-7/h6H,3-4H2,1-2H3,(H,9,11). The first kappa shape index (κ1) is 9.74. The monoisotopic (exact) mass is 205 g/mol.